The molecule has 178 valence electrons. The van der Waals surface area contributed by atoms with Gasteiger partial charge in [-0.2, -0.15) is 5.10 Å². The van der Waals surface area contributed by atoms with Crippen molar-refractivity contribution in [1.82, 2.24) is 9.78 Å². The van der Waals surface area contributed by atoms with Crippen molar-refractivity contribution in [2.24, 2.45) is 5.92 Å². The maximum atomic E-state index is 13.8. The molecule has 0 saturated heterocycles. The number of rotatable bonds is 4. The van der Waals surface area contributed by atoms with Gasteiger partial charge in [-0.3, -0.25) is 14.4 Å². The number of aliphatic hydroxyl groups is 1. The van der Waals surface area contributed by atoms with E-state index in [1.807, 2.05) is 0 Å². The van der Waals surface area contributed by atoms with Crippen molar-refractivity contribution in [3.63, 3.8) is 0 Å². The average Bonchev–Trinajstić information content (AvgIpc) is 3.21. The summed E-state index contributed by atoms with van der Waals surface area (Å²) in [6, 6.07) is 4.08. The lowest BCUT2D eigenvalue weighted by Gasteiger charge is -2.49. The fourth-order valence-corrected chi connectivity index (χ4v) is 5.28. The molecule has 33 heavy (non-hydrogen) atoms. The summed E-state index contributed by atoms with van der Waals surface area (Å²) in [5.41, 5.74) is 2.27. The Morgan fingerprint density at radius 1 is 1.15 bits per heavy atom. The summed E-state index contributed by atoms with van der Waals surface area (Å²) >= 11 is 0. The standard InChI is InChI=1S/C23H28F2N4O4/c1-14-21(16-5-7-23(24,25)8-6-16)29(22(32)33)20-11-17(3-4-19(20)28(14)15(2)31)18-12-26-27(13-18)9-10-30/h3-4,11-14,16,21,30H,5-10H2,1-2H3,(H,32,33)/t14-,21?/m0/s1. The van der Waals surface area contributed by atoms with Crippen LogP contribution in [-0.2, 0) is 11.3 Å². The van der Waals surface area contributed by atoms with Gasteiger partial charge in [0.1, 0.15) is 0 Å². The Kier molecular flexibility index (Phi) is 6.13. The lowest BCUT2D eigenvalue weighted by atomic mass is 9.77. The quantitative estimate of drug-likeness (QED) is 0.716. The van der Waals surface area contributed by atoms with Crippen molar-refractivity contribution in [1.29, 1.82) is 0 Å². The zero-order valence-electron chi connectivity index (χ0n) is 18.6. The predicted octanol–water partition coefficient (Wildman–Crippen LogP) is 3.98. The van der Waals surface area contributed by atoms with Gasteiger partial charge < -0.3 is 15.1 Å². The number of benzene rings is 1. The number of amides is 2. The molecule has 10 heteroatoms. The third kappa shape index (κ3) is 4.31. The first-order chi connectivity index (χ1) is 15.6. The van der Waals surface area contributed by atoms with Crippen molar-refractivity contribution < 1.29 is 28.6 Å². The van der Waals surface area contributed by atoms with Gasteiger partial charge in [0.25, 0.3) is 0 Å². The van der Waals surface area contributed by atoms with Crippen molar-refractivity contribution in [3.8, 4) is 11.1 Å². The zero-order chi connectivity index (χ0) is 23.9. The molecule has 1 aliphatic carbocycles. The SMILES string of the molecule is CC(=O)N1c2ccc(-c3cnn(CCO)c3)cc2N(C(=O)O)C(C2CCC(F)(F)CC2)[C@@H]1C. The molecule has 1 fully saturated rings. The highest BCUT2D eigenvalue weighted by molar-refractivity contribution is 6.03. The van der Waals surface area contributed by atoms with Crippen molar-refractivity contribution >= 4 is 23.4 Å². The molecule has 1 aromatic heterocycles. The lowest BCUT2D eigenvalue weighted by molar-refractivity contribution is -0.117. The van der Waals surface area contributed by atoms with Crippen LogP contribution in [0.2, 0.25) is 0 Å². The van der Waals surface area contributed by atoms with E-state index in [4.69, 9.17) is 5.11 Å². The van der Waals surface area contributed by atoms with E-state index >= 15 is 0 Å². The van der Waals surface area contributed by atoms with Crippen LogP contribution < -0.4 is 9.80 Å². The first-order valence-electron chi connectivity index (χ1n) is 11.1. The molecule has 2 amide bonds. The highest BCUT2D eigenvalue weighted by atomic mass is 19.3. The number of carbonyl (C=O) groups excluding carboxylic acids is 1. The number of anilines is 2. The third-order valence-corrected chi connectivity index (χ3v) is 6.78. The Morgan fingerprint density at radius 2 is 1.85 bits per heavy atom. The van der Waals surface area contributed by atoms with Crippen LogP contribution in [-0.4, -0.2) is 56.6 Å². The Bertz CT molecular complexity index is 1050. The molecule has 0 bridgehead atoms. The number of hydrogen-bond donors (Lipinski definition) is 2. The molecule has 4 rings (SSSR count). The summed E-state index contributed by atoms with van der Waals surface area (Å²) in [6.07, 6.45) is 2.01. The molecule has 0 spiro atoms. The number of aromatic nitrogens is 2. The van der Waals surface area contributed by atoms with E-state index in [2.05, 4.69) is 5.10 Å². The monoisotopic (exact) mass is 462 g/mol. The second-order valence-electron chi connectivity index (χ2n) is 8.89. The fraction of sp³-hybridized carbons (Fsp3) is 0.522. The molecule has 2 heterocycles. The largest absolute Gasteiger partial charge is 0.465 e. The number of carboxylic acid groups (broad SMARTS) is 1. The Hall–Kier alpha value is -3.01. The van der Waals surface area contributed by atoms with Crippen LogP contribution in [0.15, 0.2) is 30.6 Å². The maximum Gasteiger partial charge on any atom is 0.412 e. The van der Waals surface area contributed by atoms with Gasteiger partial charge in [0, 0.05) is 31.5 Å². The van der Waals surface area contributed by atoms with E-state index in [-0.39, 0.29) is 44.1 Å². The van der Waals surface area contributed by atoms with Crippen LogP contribution >= 0.6 is 0 Å². The van der Waals surface area contributed by atoms with Crippen LogP contribution in [0.3, 0.4) is 0 Å². The molecule has 2 aromatic rings. The van der Waals surface area contributed by atoms with Crippen molar-refractivity contribution in [2.45, 2.75) is 64.1 Å². The Balaban J connectivity index is 1.79. The van der Waals surface area contributed by atoms with Crippen molar-refractivity contribution in [3.05, 3.63) is 30.6 Å². The minimum atomic E-state index is -2.73. The van der Waals surface area contributed by atoms with E-state index < -0.39 is 24.1 Å². The minimum Gasteiger partial charge on any atom is -0.465 e. The summed E-state index contributed by atoms with van der Waals surface area (Å²) in [6.45, 7) is 3.47. The van der Waals surface area contributed by atoms with Gasteiger partial charge in [-0.05, 0) is 43.4 Å². The summed E-state index contributed by atoms with van der Waals surface area (Å²) in [7, 11) is 0. The number of alkyl halides is 2. The average molecular weight is 462 g/mol. The number of halogens is 2. The summed E-state index contributed by atoms with van der Waals surface area (Å²) < 4.78 is 29.2. The minimum absolute atomic E-state index is 0.0638. The van der Waals surface area contributed by atoms with Gasteiger partial charge in [-0.1, -0.05) is 6.07 Å². The molecule has 2 N–H and O–H groups in total. The summed E-state index contributed by atoms with van der Waals surface area (Å²) in [5, 5.41) is 23.5. The molecule has 1 unspecified atom stereocenters. The van der Waals surface area contributed by atoms with Gasteiger partial charge in [0.05, 0.1) is 42.8 Å². The lowest BCUT2D eigenvalue weighted by Crippen LogP contribution is -2.61. The topological polar surface area (TPSA) is 98.9 Å². The van der Waals surface area contributed by atoms with Gasteiger partial charge in [0.2, 0.25) is 11.8 Å². The van der Waals surface area contributed by atoms with Crippen molar-refractivity contribution in [2.75, 3.05) is 16.4 Å². The van der Waals surface area contributed by atoms with E-state index in [1.54, 1.807) is 47.1 Å². The van der Waals surface area contributed by atoms with E-state index in [1.165, 1.54) is 11.8 Å². The second-order valence-corrected chi connectivity index (χ2v) is 8.89. The molecular weight excluding hydrogens is 434 g/mol. The highest BCUT2D eigenvalue weighted by Crippen LogP contribution is 2.47. The molecular formula is C23H28F2N4O4. The highest BCUT2D eigenvalue weighted by Gasteiger charge is 2.48. The Morgan fingerprint density at radius 3 is 2.45 bits per heavy atom. The van der Waals surface area contributed by atoms with E-state index in [0.29, 0.717) is 23.5 Å². The second kappa shape index (κ2) is 8.74. The fourth-order valence-electron chi connectivity index (χ4n) is 5.28. The normalized spacial score (nSPS) is 22.8. The molecule has 1 aliphatic heterocycles. The van der Waals surface area contributed by atoms with Gasteiger partial charge in [-0.25, -0.2) is 13.6 Å². The first kappa shape index (κ1) is 23.2. The molecule has 1 aromatic carbocycles. The molecule has 8 nitrogen and oxygen atoms in total. The summed E-state index contributed by atoms with van der Waals surface area (Å²) in [5.74, 6) is -3.26. The van der Waals surface area contributed by atoms with Gasteiger partial charge in [-0.15, -0.1) is 0 Å². The zero-order valence-corrected chi connectivity index (χ0v) is 18.6. The number of aliphatic hydroxyl groups excluding tert-OH is 1. The number of hydrogen-bond acceptors (Lipinski definition) is 4. The van der Waals surface area contributed by atoms with Crippen LogP contribution in [0.1, 0.15) is 39.5 Å². The number of carbonyl (C=O) groups is 2. The van der Waals surface area contributed by atoms with E-state index in [0.717, 1.165) is 5.56 Å². The summed E-state index contributed by atoms with van der Waals surface area (Å²) in [4.78, 5) is 27.9. The van der Waals surface area contributed by atoms with Crippen LogP contribution in [0.4, 0.5) is 25.0 Å². The third-order valence-electron chi connectivity index (χ3n) is 6.78. The van der Waals surface area contributed by atoms with Crippen LogP contribution in [0, 0.1) is 5.92 Å². The van der Waals surface area contributed by atoms with Gasteiger partial charge >= 0.3 is 6.09 Å². The Labute approximate surface area is 190 Å². The molecule has 0 radical (unpaired) electrons. The first-order valence-corrected chi connectivity index (χ1v) is 11.1. The van der Waals surface area contributed by atoms with E-state index in [9.17, 15) is 23.5 Å². The molecule has 2 aliphatic rings. The number of fused-ring (bicyclic) bond motifs is 1. The van der Waals surface area contributed by atoms with Gasteiger partial charge in [0.15, 0.2) is 0 Å². The predicted molar refractivity (Wildman–Crippen MR) is 119 cm³/mol. The molecule has 1 saturated carbocycles. The molecule has 2 atom stereocenters. The maximum absolute atomic E-state index is 13.8. The number of nitrogens with zero attached hydrogens (tertiary/aromatic N) is 4. The van der Waals surface area contributed by atoms with Crippen LogP contribution in [0.25, 0.3) is 11.1 Å². The smallest absolute Gasteiger partial charge is 0.412 e. The van der Waals surface area contributed by atoms with Crippen LogP contribution in [0.5, 0.6) is 0 Å².